The van der Waals surface area contributed by atoms with E-state index in [0.29, 0.717) is 33.7 Å². The first-order chi connectivity index (χ1) is 13.1. The minimum Gasteiger partial charge on any atom is -0.489 e. The molecule has 0 aliphatic carbocycles. The van der Waals surface area contributed by atoms with Gasteiger partial charge in [0.25, 0.3) is 0 Å². The first-order valence-corrected chi connectivity index (χ1v) is 9.06. The molecular weight excluding hydrogens is 383 g/mol. The smallest absolute Gasteiger partial charge is 0.231 e. The number of fused-ring (bicyclic) bond motifs is 1. The van der Waals surface area contributed by atoms with Crippen molar-refractivity contribution < 1.29 is 14.3 Å². The number of Topliss-reactive ketones (excluding diaryl/α,β-unsaturated/α-hetero) is 1. The molecule has 1 heterocycles. The van der Waals surface area contributed by atoms with Crippen LogP contribution in [0.25, 0.3) is 6.08 Å². The van der Waals surface area contributed by atoms with Crippen LogP contribution in [0.1, 0.15) is 21.5 Å². The third-order valence-corrected chi connectivity index (χ3v) is 4.87. The summed E-state index contributed by atoms with van der Waals surface area (Å²) in [5.41, 5.74) is 2.31. The van der Waals surface area contributed by atoms with Crippen molar-refractivity contribution in [1.82, 2.24) is 0 Å². The van der Waals surface area contributed by atoms with Crippen molar-refractivity contribution in [3.05, 3.63) is 99.2 Å². The summed E-state index contributed by atoms with van der Waals surface area (Å²) in [7, 11) is 0. The SMILES string of the molecule is O=C1/C(=C\c2ccc(Cl)c(Cl)c2)Oc2cc(OCc3ccccc3)ccc21. The molecule has 0 fully saturated rings. The third-order valence-electron chi connectivity index (χ3n) is 4.13. The van der Waals surface area contributed by atoms with Gasteiger partial charge in [-0.1, -0.05) is 59.6 Å². The summed E-state index contributed by atoms with van der Waals surface area (Å²) < 4.78 is 11.5. The van der Waals surface area contributed by atoms with Gasteiger partial charge >= 0.3 is 0 Å². The number of ketones is 1. The number of benzene rings is 3. The highest BCUT2D eigenvalue weighted by molar-refractivity contribution is 6.42. The van der Waals surface area contributed by atoms with Gasteiger partial charge in [0, 0.05) is 6.07 Å². The Morgan fingerprint density at radius 3 is 2.52 bits per heavy atom. The molecule has 0 saturated heterocycles. The highest BCUT2D eigenvalue weighted by atomic mass is 35.5. The van der Waals surface area contributed by atoms with E-state index in [-0.39, 0.29) is 11.5 Å². The predicted molar refractivity (Wildman–Crippen MR) is 107 cm³/mol. The first kappa shape index (κ1) is 17.7. The fourth-order valence-electron chi connectivity index (χ4n) is 2.75. The number of rotatable bonds is 4. The van der Waals surface area contributed by atoms with E-state index in [1.165, 1.54) is 0 Å². The van der Waals surface area contributed by atoms with Gasteiger partial charge in [0.1, 0.15) is 18.1 Å². The number of halogens is 2. The van der Waals surface area contributed by atoms with Crippen LogP contribution < -0.4 is 9.47 Å². The summed E-state index contributed by atoms with van der Waals surface area (Å²) >= 11 is 12.0. The van der Waals surface area contributed by atoms with Crippen LogP contribution in [-0.4, -0.2) is 5.78 Å². The normalized spacial score (nSPS) is 14.1. The van der Waals surface area contributed by atoms with Crippen LogP contribution >= 0.6 is 23.2 Å². The molecule has 0 aromatic heterocycles. The van der Waals surface area contributed by atoms with Crippen molar-refractivity contribution in [2.45, 2.75) is 6.61 Å². The Morgan fingerprint density at radius 1 is 0.926 bits per heavy atom. The lowest BCUT2D eigenvalue weighted by Gasteiger charge is -2.07. The first-order valence-electron chi connectivity index (χ1n) is 8.30. The molecule has 0 spiro atoms. The van der Waals surface area contributed by atoms with Gasteiger partial charge in [-0.05, 0) is 41.5 Å². The molecule has 0 N–H and O–H groups in total. The van der Waals surface area contributed by atoms with Gasteiger partial charge in [-0.15, -0.1) is 0 Å². The van der Waals surface area contributed by atoms with Gasteiger partial charge in [0.05, 0.1) is 15.6 Å². The van der Waals surface area contributed by atoms with Crippen LogP contribution in [0.2, 0.25) is 10.0 Å². The van der Waals surface area contributed by atoms with Crippen molar-refractivity contribution in [1.29, 1.82) is 0 Å². The minimum absolute atomic E-state index is 0.175. The highest BCUT2D eigenvalue weighted by Crippen LogP contribution is 2.35. The van der Waals surface area contributed by atoms with Gasteiger partial charge in [0.15, 0.2) is 5.76 Å². The average molecular weight is 397 g/mol. The summed E-state index contributed by atoms with van der Waals surface area (Å²) in [4.78, 5) is 12.6. The van der Waals surface area contributed by atoms with Crippen molar-refractivity contribution in [2.75, 3.05) is 0 Å². The van der Waals surface area contributed by atoms with Crippen LogP contribution in [0.4, 0.5) is 0 Å². The number of carbonyl (C=O) groups excluding carboxylic acids is 1. The van der Waals surface area contributed by atoms with E-state index in [1.54, 1.807) is 42.5 Å². The van der Waals surface area contributed by atoms with Crippen LogP contribution in [0, 0.1) is 0 Å². The van der Waals surface area contributed by atoms with E-state index in [0.717, 1.165) is 11.1 Å². The summed E-state index contributed by atoms with van der Waals surface area (Å²) in [6.45, 7) is 0.444. The Labute approximate surface area is 166 Å². The van der Waals surface area contributed by atoms with Gasteiger partial charge in [-0.2, -0.15) is 0 Å². The highest BCUT2D eigenvalue weighted by Gasteiger charge is 2.27. The maximum absolute atomic E-state index is 12.6. The number of hydrogen-bond acceptors (Lipinski definition) is 3. The molecule has 0 saturated carbocycles. The van der Waals surface area contributed by atoms with Gasteiger partial charge in [0.2, 0.25) is 5.78 Å². The topological polar surface area (TPSA) is 35.5 Å². The van der Waals surface area contributed by atoms with Crippen LogP contribution in [0.15, 0.2) is 72.5 Å². The second kappa shape index (κ2) is 7.47. The summed E-state index contributed by atoms with van der Waals surface area (Å²) in [5.74, 6) is 1.19. The lowest BCUT2D eigenvalue weighted by atomic mass is 10.1. The predicted octanol–water partition coefficient (Wildman–Crippen LogP) is 6.19. The quantitative estimate of drug-likeness (QED) is 0.493. The molecule has 3 aromatic rings. The summed E-state index contributed by atoms with van der Waals surface area (Å²) in [6.07, 6.45) is 1.65. The number of allylic oxidation sites excluding steroid dienone is 1. The van der Waals surface area contributed by atoms with E-state index >= 15 is 0 Å². The van der Waals surface area contributed by atoms with Crippen molar-refractivity contribution in [2.24, 2.45) is 0 Å². The molecule has 0 bridgehead atoms. The third kappa shape index (κ3) is 3.85. The van der Waals surface area contributed by atoms with Crippen molar-refractivity contribution in [3.8, 4) is 11.5 Å². The summed E-state index contributed by atoms with van der Waals surface area (Å²) in [5, 5.41) is 0.881. The van der Waals surface area contributed by atoms with Crippen LogP contribution in [0.5, 0.6) is 11.5 Å². The molecule has 0 amide bonds. The molecular formula is C22H14Cl2O3. The molecule has 1 aliphatic heterocycles. The number of ether oxygens (including phenoxy) is 2. The fourth-order valence-corrected chi connectivity index (χ4v) is 3.06. The Hall–Kier alpha value is -2.75. The van der Waals surface area contributed by atoms with E-state index in [1.807, 2.05) is 30.3 Å². The number of hydrogen-bond donors (Lipinski definition) is 0. The Morgan fingerprint density at radius 2 is 1.74 bits per heavy atom. The van der Waals surface area contributed by atoms with Crippen molar-refractivity contribution >= 4 is 35.1 Å². The van der Waals surface area contributed by atoms with E-state index < -0.39 is 0 Å². The molecule has 0 unspecified atom stereocenters. The molecule has 1 aliphatic rings. The minimum atomic E-state index is -0.175. The second-order valence-corrected chi connectivity index (χ2v) is 6.86. The van der Waals surface area contributed by atoms with E-state index in [2.05, 4.69) is 0 Å². The lowest BCUT2D eigenvalue weighted by Crippen LogP contribution is -1.98. The average Bonchev–Trinajstić information content (AvgIpc) is 2.99. The zero-order valence-corrected chi connectivity index (χ0v) is 15.6. The Balaban J connectivity index is 1.53. The molecule has 134 valence electrons. The van der Waals surface area contributed by atoms with Crippen LogP contribution in [0.3, 0.4) is 0 Å². The Kier molecular flexibility index (Phi) is 4.88. The molecule has 0 atom stereocenters. The van der Waals surface area contributed by atoms with Gasteiger partial charge in [-0.25, -0.2) is 0 Å². The molecule has 3 aromatic carbocycles. The fraction of sp³-hybridized carbons (Fsp3) is 0.0455. The largest absolute Gasteiger partial charge is 0.489 e. The standard InChI is InChI=1S/C22H14Cl2O3/c23-18-9-6-15(10-19(18)24)11-21-22(25)17-8-7-16(12-20(17)27-21)26-13-14-4-2-1-3-5-14/h1-12H,13H2/b21-11+. The zero-order valence-electron chi connectivity index (χ0n) is 14.1. The van der Waals surface area contributed by atoms with Crippen molar-refractivity contribution in [3.63, 3.8) is 0 Å². The molecule has 5 heteroatoms. The van der Waals surface area contributed by atoms with Gasteiger partial charge < -0.3 is 9.47 Å². The zero-order chi connectivity index (χ0) is 18.8. The van der Waals surface area contributed by atoms with E-state index in [4.69, 9.17) is 32.7 Å². The maximum Gasteiger partial charge on any atom is 0.231 e. The second-order valence-electron chi connectivity index (χ2n) is 6.05. The lowest BCUT2D eigenvalue weighted by molar-refractivity contribution is 0.101. The number of carbonyl (C=O) groups is 1. The molecule has 27 heavy (non-hydrogen) atoms. The Bertz CT molecular complexity index is 1040. The molecule has 4 rings (SSSR count). The summed E-state index contributed by atoms with van der Waals surface area (Å²) in [6, 6.07) is 20.2. The monoisotopic (exact) mass is 396 g/mol. The molecule has 0 radical (unpaired) electrons. The molecule has 3 nitrogen and oxygen atoms in total. The van der Waals surface area contributed by atoms with E-state index in [9.17, 15) is 4.79 Å². The maximum atomic E-state index is 12.6. The van der Waals surface area contributed by atoms with Crippen LogP contribution in [-0.2, 0) is 6.61 Å². The van der Waals surface area contributed by atoms with Gasteiger partial charge in [-0.3, -0.25) is 4.79 Å².